The van der Waals surface area contributed by atoms with Crippen molar-refractivity contribution in [3.05, 3.63) is 94.0 Å². The molecule has 0 saturated carbocycles. The van der Waals surface area contributed by atoms with Crippen molar-refractivity contribution in [1.82, 2.24) is 5.32 Å². The third-order valence-electron chi connectivity index (χ3n) is 4.77. The van der Waals surface area contributed by atoms with Crippen LogP contribution in [0.5, 0.6) is 0 Å². The molecule has 0 heterocycles. The highest BCUT2D eigenvalue weighted by molar-refractivity contribution is 7.92. The summed E-state index contributed by atoms with van der Waals surface area (Å²) in [6.07, 6.45) is 0. The average molecular weight is 443 g/mol. The molecule has 1 atom stereocenters. The van der Waals surface area contributed by atoms with E-state index in [1.165, 1.54) is 30.3 Å². The average Bonchev–Trinajstić information content (AvgIpc) is 2.71. The van der Waals surface area contributed by atoms with E-state index in [-0.39, 0.29) is 33.1 Å². The van der Waals surface area contributed by atoms with Crippen LogP contribution in [0.1, 0.15) is 40.0 Å². The fraction of sp³-hybridized carbons (Fsp3) is 0.174. The first-order chi connectivity index (χ1) is 14.2. The van der Waals surface area contributed by atoms with Gasteiger partial charge < -0.3 is 5.32 Å². The lowest BCUT2D eigenvalue weighted by atomic mass is 9.99. The molecule has 0 fully saturated rings. The zero-order valence-corrected chi connectivity index (χ0v) is 18.5. The summed E-state index contributed by atoms with van der Waals surface area (Å²) < 4.78 is 27.6. The fourth-order valence-electron chi connectivity index (χ4n) is 3.16. The second-order valence-corrected chi connectivity index (χ2v) is 9.26. The number of carbonyl (C=O) groups is 1. The lowest BCUT2D eigenvalue weighted by Crippen LogP contribution is -2.27. The van der Waals surface area contributed by atoms with Crippen LogP contribution >= 0.6 is 11.6 Å². The summed E-state index contributed by atoms with van der Waals surface area (Å²) in [5.41, 5.74) is 3.64. The number of aryl methyl sites for hydroxylation is 2. The maximum Gasteiger partial charge on any atom is 0.261 e. The number of carbonyl (C=O) groups excluding carboxylic acids is 1. The van der Waals surface area contributed by atoms with Crippen LogP contribution in [-0.2, 0) is 10.0 Å². The van der Waals surface area contributed by atoms with Gasteiger partial charge in [-0.2, -0.15) is 0 Å². The Hall–Kier alpha value is -2.83. The van der Waals surface area contributed by atoms with Crippen LogP contribution in [0.25, 0.3) is 0 Å². The van der Waals surface area contributed by atoms with E-state index in [4.69, 9.17) is 11.6 Å². The molecule has 1 amide bonds. The summed E-state index contributed by atoms with van der Waals surface area (Å²) in [5, 5.41) is 3.18. The van der Waals surface area contributed by atoms with Gasteiger partial charge in [-0.3, -0.25) is 9.52 Å². The molecule has 30 heavy (non-hydrogen) atoms. The number of benzene rings is 3. The number of hydrogen-bond acceptors (Lipinski definition) is 3. The van der Waals surface area contributed by atoms with Gasteiger partial charge >= 0.3 is 0 Å². The molecular formula is C23H23ClN2O3S. The topological polar surface area (TPSA) is 75.3 Å². The first-order valence-electron chi connectivity index (χ1n) is 9.43. The highest BCUT2D eigenvalue weighted by Gasteiger charge is 2.19. The normalized spacial score (nSPS) is 12.3. The molecule has 0 spiro atoms. The van der Waals surface area contributed by atoms with Gasteiger partial charge in [0.15, 0.2) is 0 Å². The molecule has 0 saturated heterocycles. The third kappa shape index (κ3) is 5.01. The van der Waals surface area contributed by atoms with Gasteiger partial charge in [0, 0.05) is 5.69 Å². The molecule has 3 aromatic rings. The number of hydrogen-bond donors (Lipinski definition) is 2. The van der Waals surface area contributed by atoms with Crippen LogP contribution in [0, 0.1) is 13.8 Å². The molecular weight excluding hydrogens is 420 g/mol. The van der Waals surface area contributed by atoms with Crippen LogP contribution in [0.3, 0.4) is 0 Å². The summed E-state index contributed by atoms with van der Waals surface area (Å²) in [4.78, 5) is 13.0. The second-order valence-electron chi connectivity index (χ2n) is 7.17. The van der Waals surface area contributed by atoms with E-state index < -0.39 is 10.0 Å². The highest BCUT2D eigenvalue weighted by Crippen LogP contribution is 2.25. The molecule has 7 heteroatoms. The van der Waals surface area contributed by atoms with E-state index in [0.29, 0.717) is 0 Å². The van der Waals surface area contributed by atoms with Crippen molar-refractivity contribution in [3.8, 4) is 0 Å². The number of amides is 1. The van der Waals surface area contributed by atoms with Gasteiger partial charge in [0.1, 0.15) is 0 Å². The van der Waals surface area contributed by atoms with Crippen LogP contribution in [0.4, 0.5) is 5.69 Å². The van der Waals surface area contributed by atoms with Gasteiger partial charge in [0.25, 0.3) is 15.9 Å². The molecule has 5 nitrogen and oxygen atoms in total. The minimum atomic E-state index is -3.77. The molecule has 0 aliphatic heterocycles. The maximum atomic E-state index is 12.9. The predicted molar refractivity (Wildman–Crippen MR) is 120 cm³/mol. The van der Waals surface area contributed by atoms with E-state index in [1.54, 1.807) is 18.2 Å². The van der Waals surface area contributed by atoms with E-state index in [0.717, 1.165) is 16.7 Å². The SMILES string of the molecule is Cc1ccc(C)c([C@@H](C)NC(=O)c2cc(NS(=O)(=O)c3ccccc3)ccc2Cl)c1. The quantitative estimate of drug-likeness (QED) is 0.547. The van der Waals surface area contributed by atoms with Gasteiger partial charge in [-0.1, -0.05) is 53.6 Å². The van der Waals surface area contributed by atoms with Crippen molar-refractivity contribution in [1.29, 1.82) is 0 Å². The largest absolute Gasteiger partial charge is 0.345 e. The number of halogens is 1. The van der Waals surface area contributed by atoms with Gasteiger partial charge in [-0.05, 0) is 62.2 Å². The molecule has 0 aliphatic carbocycles. The van der Waals surface area contributed by atoms with Crippen LogP contribution in [-0.4, -0.2) is 14.3 Å². The third-order valence-corrected chi connectivity index (χ3v) is 6.49. The Morgan fingerprint density at radius 2 is 1.67 bits per heavy atom. The van der Waals surface area contributed by atoms with E-state index in [2.05, 4.69) is 10.0 Å². The van der Waals surface area contributed by atoms with Crippen LogP contribution in [0.2, 0.25) is 5.02 Å². The molecule has 0 aromatic heterocycles. The zero-order chi connectivity index (χ0) is 21.9. The summed E-state index contributed by atoms with van der Waals surface area (Å²) in [7, 11) is -3.77. The Labute approximate surface area is 182 Å². The summed E-state index contributed by atoms with van der Waals surface area (Å²) >= 11 is 6.23. The predicted octanol–water partition coefficient (Wildman–Crippen LogP) is 5.25. The molecule has 3 rings (SSSR count). The van der Waals surface area contributed by atoms with Crippen molar-refractivity contribution in [2.24, 2.45) is 0 Å². The Balaban J connectivity index is 1.82. The maximum absolute atomic E-state index is 12.9. The molecule has 2 N–H and O–H groups in total. The molecule has 0 unspecified atom stereocenters. The first kappa shape index (κ1) is 21.9. The summed E-state index contributed by atoms with van der Waals surface area (Å²) in [6, 6.07) is 18.3. The van der Waals surface area contributed by atoms with Gasteiger partial charge in [-0.15, -0.1) is 0 Å². The number of rotatable bonds is 6. The van der Waals surface area contributed by atoms with Gasteiger partial charge in [0.05, 0.1) is 21.5 Å². The highest BCUT2D eigenvalue weighted by atomic mass is 35.5. The number of nitrogens with one attached hydrogen (secondary N) is 2. The first-order valence-corrected chi connectivity index (χ1v) is 11.3. The van der Waals surface area contributed by atoms with Crippen LogP contribution in [0.15, 0.2) is 71.6 Å². The van der Waals surface area contributed by atoms with Crippen molar-refractivity contribution in [2.75, 3.05) is 4.72 Å². The Bertz CT molecular complexity index is 1180. The minimum absolute atomic E-state index is 0.134. The molecule has 0 radical (unpaired) electrons. The van der Waals surface area contributed by atoms with Crippen molar-refractivity contribution >= 4 is 33.2 Å². The van der Waals surface area contributed by atoms with Crippen LogP contribution < -0.4 is 10.0 Å². The van der Waals surface area contributed by atoms with E-state index >= 15 is 0 Å². The summed E-state index contributed by atoms with van der Waals surface area (Å²) in [5.74, 6) is -0.380. The molecule has 0 bridgehead atoms. The molecule has 3 aromatic carbocycles. The number of sulfonamides is 1. The summed E-state index contributed by atoms with van der Waals surface area (Å²) in [6.45, 7) is 5.88. The number of anilines is 1. The second kappa shape index (κ2) is 8.90. The Kier molecular flexibility index (Phi) is 6.48. The van der Waals surface area contributed by atoms with Gasteiger partial charge in [0.2, 0.25) is 0 Å². The Morgan fingerprint density at radius 1 is 0.967 bits per heavy atom. The Morgan fingerprint density at radius 3 is 2.37 bits per heavy atom. The zero-order valence-electron chi connectivity index (χ0n) is 16.9. The van der Waals surface area contributed by atoms with E-state index in [9.17, 15) is 13.2 Å². The van der Waals surface area contributed by atoms with Crippen molar-refractivity contribution < 1.29 is 13.2 Å². The monoisotopic (exact) mass is 442 g/mol. The lowest BCUT2D eigenvalue weighted by molar-refractivity contribution is 0.0940. The van der Waals surface area contributed by atoms with Gasteiger partial charge in [-0.25, -0.2) is 8.42 Å². The molecule has 0 aliphatic rings. The van der Waals surface area contributed by atoms with Crippen molar-refractivity contribution in [2.45, 2.75) is 31.7 Å². The van der Waals surface area contributed by atoms with E-state index in [1.807, 2.05) is 39.0 Å². The molecule has 156 valence electrons. The standard InChI is InChI=1S/C23H23ClN2O3S/c1-15-9-10-16(2)20(13-15)17(3)25-23(27)21-14-18(11-12-22(21)24)26-30(28,29)19-7-5-4-6-8-19/h4-14,17,26H,1-3H3,(H,25,27)/t17-/m1/s1. The fourth-order valence-corrected chi connectivity index (χ4v) is 4.43. The van der Waals surface area contributed by atoms with Crippen molar-refractivity contribution in [3.63, 3.8) is 0 Å². The lowest BCUT2D eigenvalue weighted by Gasteiger charge is -2.18. The smallest absolute Gasteiger partial charge is 0.261 e. The minimum Gasteiger partial charge on any atom is -0.345 e.